The van der Waals surface area contributed by atoms with Crippen molar-refractivity contribution in [3.63, 3.8) is 0 Å². The first-order chi connectivity index (χ1) is 11.2. The van der Waals surface area contributed by atoms with Crippen molar-refractivity contribution < 1.29 is 4.74 Å². The monoisotopic (exact) mass is 314 g/mol. The fourth-order valence-electron chi connectivity index (χ4n) is 3.96. The van der Waals surface area contributed by atoms with E-state index in [4.69, 9.17) is 4.74 Å². The first-order valence-electron chi connectivity index (χ1n) is 9.15. The topological polar surface area (TPSA) is 24.5 Å². The molecule has 3 rings (SSSR count). The summed E-state index contributed by atoms with van der Waals surface area (Å²) in [6.07, 6.45) is 9.42. The van der Waals surface area contributed by atoms with Gasteiger partial charge in [0.2, 0.25) is 0 Å². The van der Waals surface area contributed by atoms with Gasteiger partial charge in [-0.25, -0.2) is 0 Å². The fraction of sp³-hybridized carbons (Fsp3) is 0.600. The van der Waals surface area contributed by atoms with Gasteiger partial charge in [0.1, 0.15) is 5.75 Å². The molecule has 1 aromatic carbocycles. The van der Waals surface area contributed by atoms with Crippen LogP contribution in [0.2, 0.25) is 0 Å². The van der Waals surface area contributed by atoms with Gasteiger partial charge in [0, 0.05) is 12.6 Å². The van der Waals surface area contributed by atoms with E-state index in [0.717, 1.165) is 31.4 Å². The molecular formula is C20H30N2O. The Balaban J connectivity index is 1.62. The molecule has 1 heterocycles. The van der Waals surface area contributed by atoms with Crippen LogP contribution in [0.3, 0.4) is 0 Å². The molecule has 2 aliphatic rings. The van der Waals surface area contributed by atoms with Crippen molar-refractivity contribution in [1.82, 2.24) is 10.2 Å². The lowest BCUT2D eigenvalue weighted by molar-refractivity contribution is 0.0929. The summed E-state index contributed by atoms with van der Waals surface area (Å²) in [6.45, 7) is 9.95. The maximum absolute atomic E-state index is 6.37. The molecule has 1 saturated carbocycles. The third-order valence-electron chi connectivity index (χ3n) is 5.38. The molecule has 23 heavy (non-hydrogen) atoms. The second kappa shape index (κ2) is 7.39. The van der Waals surface area contributed by atoms with Gasteiger partial charge in [0.25, 0.3) is 0 Å². The first-order valence-corrected chi connectivity index (χ1v) is 9.15. The van der Waals surface area contributed by atoms with Crippen LogP contribution in [0.15, 0.2) is 18.3 Å². The van der Waals surface area contributed by atoms with E-state index in [1.807, 2.05) is 6.20 Å². The predicted molar refractivity (Wildman–Crippen MR) is 96.6 cm³/mol. The zero-order valence-electron chi connectivity index (χ0n) is 14.8. The van der Waals surface area contributed by atoms with Crippen LogP contribution in [-0.4, -0.2) is 30.1 Å². The van der Waals surface area contributed by atoms with Gasteiger partial charge >= 0.3 is 0 Å². The molecule has 0 radical (unpaired) electrons. The Morgan fingerprint density at radius 3 is 2.57 bits per heavy atom. The molecule has 3 nitrogen and oxygen atoms in total. The van der Waals surface area contributed by atoms with Crippen LogP contribution < -0.4 is 10.1 Å². The number of ether oxygens (including phenoxy) is 1. The minimum atomic E-state index is 0.379. The molecule has 0 saturated heterocycles. The molecule has 0 bridgehead atoms. The highest BCUT2D eigenvalue weighted by Crippen LogP contribution is 2.31. The molecule has 1 aliphatic heterocycles. The normalized spacial score (nSPS) is 23.5. The van der Waals surface area contributed by atoms with E-state index in [2.05, 4.69) is 49.2 Å². The highest BCUT2D eigenvalue weighted by molar-refractivity contribution is 5.59. The van der Waals surface area contributed by atoms with Gasteiger partial charge in [-0.3, -0.25) is 0 Å². The third kappa shape index (κ3) is 3.72. The van der Waals surface area contributed by atoms with Crippen LogP contribution in [0, 0.1) is 6.92 Å². The maximum atomic E-state index is 6.37. The second-order valence-electron chi connectivity index (χ2n) is 6.80. The molecule has 3 heteroatoms. The Morgan fingerprint density at radius 1 is 1.13 bits per heavy atom. The van der Waals surface area contributed by atoms with Gasteiger partial charge in [0.15, 0.2) is 0 Å². The van der Waals surface area contributed by atoms with E-state index in [0.29, 0.717) is 6.10 Å². The van der Waals surface area contributed by atoms with Crippen molar-refractivity contribution in [3.8, 4) is 5.75 Å². The van der Waals surface area contributed by atoms with Crippen molar-refractivity contribution in [2.75, 3.05) is 13.1 Å². The van der Waals surface area contributed by atoms with Gasteiger partial charge in [-0.1, -0.05) is 19.9 Å². The summed E-state index contributed by atoms with van der Waals surface area (Å²) >= 11 is 0. The minimum Gasteiger partial charge on any atom is -0.490 e. The Bertz CT molecular complexity index is 555. The number of nitrogens with zero attached hydrogens (tertiary/aromatic N) is 1. The van der Waals surface area contributed by atoms with E-state index >= 15 is 0 Å². The summed E-state index contributed by atoms with van der Waals surface area (Å²) in [4.78, 5) is 2.60. The van der Waals surface area contributed by atoms with Crippen LogP contribution in [0.5, 0.6) is 5.75 Å². The fourth-order valence-corrected chi connectivity index (χ4v) is 3.96. The number of fused-ring (bicyclic) bond motifs is 1. The summed E-state index contributed by atoms with van der Waals surface area (Å²) in [5.41, 5.74) is 3.91. The first kappa shape index (κ1) is 16.4. The van der Waals surface area contributed by atoms with E-state index in [1.54, 1.807) is 0 Å². The van der Waals surface area contributed by atoms with Crippen LogP contribution in [0.1, 0.15) is 56.2 Å². The number of aryl methyl sites for hydroxylation is 1. The number of nitrogens with one attached hydrogen (secondary N) is 1. The van der Waals surface area contributed by atoms with Crippen molar-refractivity contribution in [2.45, 2.75) is 65.1 Å². The molecule has 1 aliphatic carbocycles. The molecule has 0 aromatic heterocycles. The van der Waals surface area contributed by atoms with Gasteiger partial charge in [-0.15, -0.1) is 0 Å². The Hall–Kier alpha value is -1.48. The van der Waals surface area contributed by atoms with Gasteiger partial charge in [0.05, 0.1) is 6.10 Å². The summed E-state index contributed by atoms with van der Waals surface area (Å²) in [5.74, 6) is 1.07. The summed E-state index contributed by atoms with van der Waals surface area (Å²) < 4.78 is 6.37. The van der Waals surface area contributed by atoms with Crippen molar-refractivity contribution >= 4 is 6.08 Å². The highest BCUT2D eigenvalue weighted by atomic mass is 16.5. The molecular weight excluding hydrogens is 284 g/mol. The molecule has 0 spiro atoms. The standard InChI is InChI=1S/C20H30N2O/c1-4-22(5-2)18-6-8-19(9-7-18)23-20-13-16-10-11-21-14-17(16)12-15(20)3/h10-13,18-19,21H,4-9,14H2,1-3H3. The van der Waals surface area contributed by atoms with Gasteiger partial charge in [-0.05, 0) is 80.7 Å². The minimum absolute atomic E-state index is 0.379. The molecule has 0 amide bonds. The maximum Gasteiger partial charge on any atom is 0.123 e. The van der Waals surface area contributed by atoms with Crippen LogP contribution in [0.25, 0.3) is 6.08 Å². The quantitative estimate of drug-likeness (QED) is 0.885. The average molecular weight is 314 g/mol. The molecule has 0 unspecified atom stereocenters. The Labute approximate surface area is 140 Å². The largest absolute Gasteiger partial charge is 0.490 e. The second-order valence-corrected chi connectivity index (χ2v) is 6.80. The number of hydrogen-bond acceptors (Lipinski definition) is 3. The predicted octanol–water partition coefficient (Wildman–Crippen LogP) is 4.10. The SMILES string of the molecule is CCN(CC)C1CCC(Oc2cc3c(cc2C)CNC=C3)CC1. The molecule has 1 fully saturated rings. The molecule has 1 aromatic rings. The number of hydrogen-bond donors (Lipinski definition) is 1. The number of benzene rings is 1. The van der Waals surface area contributed by atoms with E-state index in [1.165, 1.54) is 42.4 Å². The molecule has 126 valence electrons. The lowest BCUT2D eigenvalue weighted by atomic mass is 9.91. The number of rotatable bonds is 5. The van der Waals surface area contributed by atoms with Crippen molar-refractivity contribution in [2.24, 2.45) is 0 Å². The molecule has 1 N–H and O–H groups in total. The average Bonchev–Trinajstić information content (AvgIpc) is 2.58. The smallest absolute Gasteiger partial charge is 0.123 e. The van der Waals surface area contributed by atoms with E-state index < -0.39 is 0 Å². The van der Waals surface area contributed by atoms with Crippen LogP contribution in [0.4, 0.5) is 0 Å². The Kier molecular flexibility index (Phi) is 5.27. The van der Waals surface area contributed by atoms with Crippen LogP contribution >= 0.6 is 0 Å². The summed E-state index contributed by atoms with van der Waals surface area (Å²) in [5, 5.41) is 3.27. The highest BCUT2D eigenvalue weighted by Gasteiger charge is 2.26. The van der Waals surface area contributed by atoms with Crippen molar-refractivity contribution in [3.05, 3.63) is 35.0 Å². The zero-order chi connectivity index (χ0) is 16.2. The van der Waals surface area contributed by atoms with E-state index in [9.17, 15) is 0 Å². The van der Waals surface area contributed by atoms with Crippen molar-refractivity contribution in [1.29, 1.82) is 0 Å². The van der Waals surface area contributed by atoms with Crippen LogP contribution in [-0.2, 0) is 6.54 Å². The lowest BCUT2D eigenvalue weighted by Gasteiger charge is -2.36. The summed E-state index contributed by atoms with van der Waals surface area (Å²) in [7, 11) is 0. The third-order valence-corrected chi connectivity index (χ3v) is 5.38. The van der Waals surface area contributed by atoms with E-state index in [-0.39, 0.29) is 0 Å². The Morgan fingerprint density at radius 2 is 1.87 bits per heavy atom. The van der Waals surface area contributed by atoms with Gasteiger partial charge in [-0.2, -0.15) is 0 Å². The lowest BCUT2D eigenvalue weighted by Crippen LogP contribution is -2.39. The van der Waals surface area contributed by atoms with Gasteiger partial charge < -0.3 is 15.0 Å². The molecule has 0 atom stereocenters. The summed E-state index contributed by atoms with van der Waals surface area (Å²) in [6, 6.07) is 5.24. The zero-order valence-corrected chi connectivity index (χ0v) is 14.8.